The zero-order chi connectivity index (χ0) is 12.8. The highest BCUT2D eigenvalue weighted by atomic mass is 15.1. The molecule has 1 aromatic rings. The lowest BCUT2D eigenvalue weighted by Gasteiger charge is -2.25. The monoisotopic (exact) mass is 229 g/mol. The van der Waals surface area contributed by atoms with E-state index in [2.05, 4.69) is 62.6 Å². The van der Waals surface area contributed by atoms with E-state index in [-0.39, 0.29) is 0 Å². The minimum Gasteiger partial charge on any atom is -0.372 e. The van der Waals surface area contributed by atoms with Crippen molar-refractivity contribution in [3.05, 3.63) is 29.3 Å². The van der Waals surface area contributed by atoms with Crippen molar-refractivity contribution in [3.63, 3.8) is 0 Å². The predicted octanol–water partition coefficient (Wildman–Crippen LogP) is 4.03. The number of anilines is 1. The maximum Gasteiger partial charge on any atom is 0.0402 e. The maximum absolute atomic E-state index is 3.14. The molecule has 0 aliphatic rings. The van der Waals surface area contributed by atoms with Crippen molar-refractivity contribution in [3.8, 4) is 11.8 Å². The molecule has 0 saturated heterocycles. The van der Waals surface area contributed by atoms with E-state index in [1.165, 1.54) is 11.3 Å². The fraction of sp³-hybridized carbons (Fsp3) is 0.500. The Kier molecular flexibility index (Phi) is 5.10. The summed E-state index contributed by atoms with van der Waals surface area (Å²) in [4.78, 5) is 2.40. The van der Waals surface area contributed by atoms with Crippen LogP contribution in [0.1, 0.15) is 51.7 Å². The summed E-state index contributed by atoms with van der Waals surface area (Å²) < 4.78 is 0. The number of benzene rings is 1. The van der Waals surface area contributed by atoms with Crippen LogP contribution in [0.5, 0.6) is 0 Å². The van der Waals surface area contributed by atoms with Gasteiger partial charge in [0.1, 0.15) is 0 Å². The highest BCUT2D eigenvalue weighted by Gasteiger charge is 2.11. The first-order valence-corrected chi connectivity index (χ1v) is 6.45. The Morgan fingerprint density at radius 1 is 1.18 bits per heavy atom. The first-order valence-electron chi connectivity index (χ1n) is 6.45. The van der Waals surface area contributed by atoms with E-state index in [4.69, 9.17) is 0 Å². The van der Waals surface area contributed by atoms with E-state index >= 15 is 0 Å². The molecule has 1 aromatic carbocycles. The van der Waals surface area contributed by atoms with E-state index in [1.54, 1.807) is 0 Å². The molecular formula is C16H23N. The average molecular weight is 229 g/mol. The van der Waals surface area contributed by atoms with Crippen LogP contribution in [0, 0.1) is 11.8 Å². The molecule has 1 heteroatoms. The molecule has 0 N–H and O–H groups in total. The Morgan fingerprint density at radius 3 is 2.29 bits per heavy atom. The van der Waals surface area contributed by atoms with E-state index in [0.717, 1.165) is 18.7 Å². The lowest BCUT2D eigenvalue weighted by molar-refractivity contribution is 0.816. The highest BCUT2D eigenvalue weighted by Crippen LogP contribution is 2.28. The van der Waals surface area contributed by atoms with Gasteiger partial charge in [0.15, 0.2) is 0 Å². The number of nitrogens with zero attached hydrogens (tertiary/aromatic N) is 1. The molecule has 0 amide bonds. The maximum atomic E-state index is 3.14. The van der Waals surface area contributed by atoms with Gasteiger partial charge in [-0.1, -0.05) is 19.8 Å². The lowest BCUT2D eigenvalue weighted by Crippen LogP contribution is -2.23. The second-order valence-corrected chi connectivity index (χ2v) is 4.48. The van der Waals surface area contributed by atoms with Crippen molar-refractivity contribution in [2.45, 2.75) is 40.5 Å². The highest BCUT2D eigenvalue weighted by molar-refractivity contribution is 5.58. The molecule has 0 aliphatic heterocycles. The predicted molar refractivity (Wildman–Crippen MR) is 76.6 cm³/mol. The van der Waals surface area contributed by atoms with E-state index < -0.39 is 0 Å². The third kappa shape index (κ3) is 3.27. The van der Waals surface area contributed by atoms with Gasteiger partial charge in [-0.2, -0.15) is 0 Å². The number of rotatable bonds is 4. The van der Waals surface area contributed by atoms with Crippen LogP contribution in [0.3, 0.4) is 0 Å². The first-order chi connectivity index (χ1) is 8.13. The normalized spacial score (nSPS) is 10.0. The smallest absolute Gasteiger partial charge is 0.0402 e. The van der Waals surface area contributed by atoms with Crippen molar-refractivity contribution in [2.24, 2.45) is 0 Å². The van der Waals surface area contributed by atoms with Crippen molar-refractivity contribution in [1.29, 1.82) is 0 Å². The van der Waals surface area contributed by atoms with E-state index in [9.17, 15) is 0 Å². The zero-order valence-corrected chi connectivity index (χ0v) is 11.7. The topological polar surface area (TPSA) is 3.24 Å². The minimum absolute atomic E-state index is 0.532. The van der Waals surface area contributed by atoms with E-state index in [1.807, 2.05) is 6.92 Å². The van der Waals surface area contributed by atoms with Crippen LogP contribution in [0.2, 0.25) is 0 Å². The van der Waals surface area contributed by atoms with Crippen LogP contribution in [-0.4, -0.2) is 13.1 Å². The van der Waals surface area contributed by atoms with Gasteiger partial charge in [-0.25, -0.2) is 0 Å². The van der Waals surface area contributed by atoms with Crippen LogP contribution in [0.25, 0.3) is 0 Å². The molecule has 17 heavy (non-hydrogen) atoms. The summed E-state index contributed by atoms with van der Waals surface area (Å²) >= 11 is 0. The molecule has 0 bridgehead atoms. The van der Waals surface area contributed by atoms with Crippen LogP contribution < -0.4 is 4.90 Å². The molecule has 0 heterocycles. The summed E-state index contributed by atoms with van der Waals surface area (Å²) in [7, 11) is 0. The molecule has 0 aromatic heterocycles. The van der Waals surface area contributed by atoms with Gasteiger partial charge in [0, 0.05) is 24.3 Å². The molecule has 0 spiro atoms. The van der Waals surface area contributed by atoms with Crippen molar-refractivity contribution < 1.29 is 0 Å². The Bertz CT molecular complexity index is 417. The average Bonchev–Trinajstić information content (AvgIpc) is 2.32. The van der Waals surface area contributed by atoms with Gasteiger partial charge in [0.25, 0.3) is 0 Å². The fourth-order valence-corrected chi connectivity index (χ4v) is 2.09. The van der Waals surface area contributed by atoms with Crippen LogP contribution >= 0.6 is 0 Å². The third-order valence-corrected chi connectivity index (χ3v) is 3.02. The lowest BCUT2D eigenvalue weighted by atomic mass is 9.98. The Morgan fingerprint density at radius 2 is 1.82 bits per heavy atom. The van der Waals surface area contributed by atoms with E-state index in [0.29, 0.717) is 5.92 Å². The molecule has 92 valence electrons. The van der Waals surface area contributed by atoms with Crippen LogP contribution in [0.15, 0.2) is 18.2 Å². The number of hydrogen-bond acceptors (Lipinski definition) is 1. The molecule has 0 aliphatic carbocycles. The van der Waals surface area contributed by atoms with Gasteiger partial charge in [-0.3, -0.25) is 0 Å². The second kappa shape index (κ2) is 6.35. The number of hydrogen-bond donors (Lipinski definition) is 0. The molecule has 0 atom stereocenters. The quantitative estimate of drug-likeness (QED) is 0.705. The zero-order valence-electron chi connectivity index (χ0n) is 11.7. The minimum atomic E-state index is 0.532. The van der Waals surface area contributed by atoms with Gasteiger partial charge in [0.2, 0.25) is 0 Å². The summed E-state index contributed by atoms with van der Waals surface area (Å²) in [5.41, 5.74) is 3.87. The Hall–Kier alpha value is -1.42. The third-order valence-electron chi connectivity index (χ3n) is 3.02. The molecule has 1 rings (SSSR count). The summed E-state index contributed by atoms with van der Waals surface area (Å²) in [6.45, 7) is 12.9. The largest absolute Gasteiger partial charge is 0.372 e. The van der Waals surface area contributed by atoms with Gasteiger partial charge in [0.05, 0.1) is 0 Å². The SMILES string of the molecule is CC#Cc1ccc(N(CC)CC)c(C(C)C)c1. The Balaban J connectivity index is 3.24. The molecule has 0 saturated carbocycles. The standard InChI is InChI=1S/C16H23N/c1-6-9-14-10-11-16(17(7-2)8-3)15(12-14)13(4)5/h10-13H,7-8H2,1-5H3. The van der Waals surface area contributed by atoms with Gasteiger partial charge < -0.3 is 4.90 Å². The van der Waals surface area contributed by atoms with Crippen molar-refractivity contribution in [2.75, 3.05) is 18.0 Å². The summed E-state index contributed by atoms with van der Waals surface area (Å²) in [5.74, 6) is 6.63. The molecular weight excluding hydrogens is 206 g/mol. The summed E-state index contributed by atoms with van der Waals surface area (Å²) in [5, 5.41) is 0. The molecule has 0 radical (unpaired) electrons. The molecule has 0 fully saturated rings. The van der Waals surface area contributed by atoms with Gasteiger partial charge in [-0.05, 0) is 50.5 Å². The van der Waals surface area contributed by atoms with Crippen LogP contribution in [-0.2, 0) is 0 Å². The summed E-state index contributed by atoms with van der Waals surface area (Å²) in [6, 6.07) is 6.56. The molecule has 1 nitrogen and oxygen atoms in total. The van der Waals surface area contributed by atoms with Crippen molar-refractivity contribution >= 4 is 5.69 Å². The first kappa shape index (κ1) is 13.6. The summed E-state index contributed by atoms with van der Waals surface area (Å²) in [6.07, 6.45) is 0. The van der Waals surface area contributed by atoms with Gasteiger partial charge >= 0.3 is 0 Å². The van der Waals surface area contributed by atoms with Crippen molar-refractivity contribution in [1.82, 2.24) is 0 Å². The second-order valence-electron chi connectivity index (χ2n) is 4.48. The van der Waals surface area contributed by atoms with Gasteiger partial charge in [-0.15, -0.1) is 5.92 Å². The molecule has 0 unspecified atom stereocenters. The van der Waals surface area contributed by atoms with Crippen LogP contribution in [0.4, 0.5) is 5.69 Å². The Labute approximate surface area is 106 Å². The fourth-order valence-electron chi connectivity index (χ4n) is 2.09.